The van der Waals surface area contributed by atoms with Gasteiger partial charge in [0.1, 0.15) is 0 Å². The van der Waals surface area contributed by atoms with E-state index in [4.69, 9.17) is 0 Å². The van der Waals surface area contributed by atoms with Gasteiger partial charge in [0.25, 0.3) is 0 Å². The number of nitrogens with one attached hydrogen (secondary N) is 2. The first-order chi connectivity index (χ1) is 7.75. The van der Waals surface area contributed by atoms with Crippen LogP contribution in [0, 0.1) is 6.92 Å². The molecule has 2 N–H and O–H groups in total. The minimum Gasteiger partial charge on any atom is -0.326 e. The van der Waals surface area contributed by atoms with E-state index in [2.05, 4.69) is 15.6 Å². The fourth-order valence-electron chi connectivity index (χ4n) is 1.97. The van der Waals surface area contributed by atoms with Crippen molar-refractivity contribution in [1.82, 2.24) is 10.3 Å². The van der Waals surface area contributed by atoms with Gasteiger partial charge in [-0.25, -0.2) is 0 Å². The lowest BCUT2D eigenvalue weighted by Crippen LogP contribution is -2.27. The van der Waals surface area contributed by atoms with Gasteiger partial charge >= 0.3 is 0 Å². The Morgan fingerprint density at radius 3 is 3.25 bits per heavy atom. The van der Waals surface area contributed by atoms with Crippen molar-refractivity contribution in [1.29, 1.82) is 0 Å². The highest BCUT2D eigenvalue weighted by Gasteiger charge is 2.17. The summed E-state index contributed by atoms with van der Waals surface area (Å²) in [5.74, 6) is 0.0775. The third kappa shape index (κ3) is 2.79. The highest BCUT2D eigenvalue weighted by molar-refractivity contribution is 5.91. The van der Waals surface area contributed by atoms with Crippen LogP contribution in [0.4, 0.5) is 5.69 Å². The lowest BCUT2D eigenvalue weighted by atomic mass is 10.1. The van der Waals surface area contributed by atoms with Gasteiger partial charge in [0.2, 0.25) is 5.91 Å². The fraction of sp³-hybridized carbons (Fsp3) is 0.500. The van der Waals surface area contributed by atoms with E-state index < -0.39 is 0 Å². The number of aryl methyl sites for hydroxylation is 1. The van der Waals surface area contributed by atoms with Gasteiger partial charge in [0, 0.05) is 30.5 Å². The van der Waals surface area contributed by atoms with Gasteiger partial charge in [0.05, 0.1) is 0 Å². The molecule has 1 aromatic rings. The second-order valence-electron chi connectivity index (χ2n) is 4.24. The number of rotatable bonds is 3. The van der Waals surface area contributed by atoms with Crippen molar-refractivity contribution in [2.24, 2.45) is 0 Å². The molecular formula is C12H17N3O. The van der Waals surface area contributed by atoms with Crippen LogP contribution in [0.2, 0.25) is 0 Å². The number of aromatic nitrogens is 1. The van der Waals surface area contributed by atoms with E-state index >= 15 is 0 Å². The Kier molecular flexibility index (Phi) is 3.51. The molecule has 1 atom stereocenters. The van der Waals surface area contributed by atoms with Crippen molar-refractivity contribution in [2.45, 2.75) is 32.2 Å². The Morgan fingerprint density at radius 2 is 2.56 bits per heavy atom. The molecule has 86 valence electrons. The quantitative estimate of drug-likeness (QED) is 0.809. The Labute approximate surface area is 95.5 Å². The average Bonchev–Trinajstić information content (AvgIpc) is 2.74. The van der Waals surface area contributed by atoms with Crippen molar-refractivity contribution in [2.75, 3.05) is 11.9 Å². The van der Waals surface area contributed by atoms with E-state index in [1.54, 1.807) is 12.4 Å². The first-order valence-electron chi connectivity index (χ1n) is 5.69. The summed E-state index contributed by atoms with van der Waals surface area (Å²) in [7, 11) is 0. The molecule has 1 aromatic heterocycles. The molecule has 0 saturated carbocycles. The predicted molar refractivity (Wildman–Crippen MR) is 63.2 cm³/mol. The topological polar surface area (TPSA) is 54.0 Å². The number of nitrogens with zero attached hydrogens (tertiary/aromatic N) is 1. The Bertz CT molecular complexity index is 372. The van der Waals surface area contributed by atoms with Crippen molar-refractivity contribution >= 4 is 11.6 Å². The molecule has 0 aliphatic carbocycles. The molecule has 0 spiro atoms. The van der Waals surface area contributed by atoms with Gasteiger partial charge in [0.15, 0.2) is 0 Å². The first kappa shape index (κ1) is 11.1. The molecule has 4 nitrogen and oxygen atoms in total. The summed E-state index contributed by atoms with van der Waals surface area (Å²) >= 11 is 0. The van der Waals surface area contributed by atoms with Gasteiger partial charge in [-0.05, 0) is 37.9 Å². The zero-order chi connectivity index (χ0) is 11.4. The summed E-state index contributed by atoms with van der Waals surface area (Å²) in [6.45, 7) is 2.97. The number of carbonyl (C=O) groups is 1. The van der Waals surface area contributed by atoms with Crippen LogP contribution < -0.4 is 10.6 Å². The van der Waals surface area contributed by atoms with Crippen LogP contribution in [-0.4, -0.2) is 23.5 Å². The second kappa shape index (κ2) is 5.07. The van der Waals surface area contributed by atoms with E-state index in [0.29, 0.717) is 12.5 Å². The van der Waals surface area contributed by atoms with E-state index in [1.165, 1.54) is 6.42 Å². The molecule has 1 saturated heterocycles. The third-order valence-electron chi connectivity index (χ3n) is 2.89. The predicted octanol–water partition coefficient (Wildman–Crippen LogP) is 1.47. The van der Waals surface area contributed by atoms with Crippen LogP contribution in [-0.2, 0) is 4.79 Å². The van der Waals surface area contributed by atoms with Crippen LogP contribution in [0.1, 0.15) is 24.8 Å². The summed E-state index contributed by atoms with van der Waals surface area (Å²) in [5, 5.41) is 6.23. The van der Waals surface area contributed by atoms with Gasteiger partial charge in [-0.15, -0.1) is 0 Å². The smallest absolute Gasteiger partial charge is 0.225 e. The zero-order valence-corrected chi connectivity index (χ0v) is 9.49. The molecule has 1 aliphatic rings. The number of hydrogen-bond donors (Lipinski definition) is 2. The van der Waals surface area contributed by atoms with Crippen LogP contribution in [0.25, 0.3) is 0 Å². The van der Waals surface area contributed by atoms with Crippen molar-refractivity contribution in [3.8, 4) is 0 Å². The Morgan fingerprint density at radius 1 is 1.69 bits per heavy atom. The van der Waals surface area contributed by atoms with Crippen molar-refractivity contribution in [3.63, 3.8) is 0 Å². The number of carbonyl (C=O) groups excluding carboxylic acids is 1. The number of anilines is 1. The highest BCUT2D eigenvalue weighted by atomic mass is 16.1. The molecule has 1 fully saturated rings. The number of hydrogen-bond acceptors (Lipinski definition) is 3. The maximum absolute atomic E-state index is 11.7. The standard InChI is InChI=1S/C12H17N3O/c1-9-8-13-6-4-11(9)15-12(16)7-10-3-2-5-14-10/h4,6,8,10,14H,2-3,5,7H2,1H3,(H,13,15,16). The average molecular weight is 219 g/mol. The molecule has 4 heteroatoms. The maximum atomic E-state index is 11.7. The second-order valence-corrected chi connectivity index (χ2v) is 4.24. The summed E-state index contributed by atoms with van der Waals surface area (Å²) < 4.78 is 0. The lowest BCUT2D eigenvalue weighted by molar-refractivity contribution is -0.116. The third-order valence-corrected chi connectivity index (χ3v) is 2.89. The molecule has 1 amide bonds. The molecule has 1 aliphatic heterocycles. The Hall–Kier alpha value is -1.42. The molecular weight excluding hydrogens is 202 g/mol. The SMILES string of the molecule is Cc1cnccc1NC(=O)CC1CCCN1. The fourth-order valence-corrected chi connectivity index (χ4v) is 1.97. The largest absolute Gasteiger partial charge is 0.326 e. The normalized spacial score (nSPS) is 19.7. The lowest BCUT2D eigenvalue weighted by Gasteiger charge is -2.11. The van der Waals surface area contributed by atoms with Crippen LogP contribution in [0.3, 0.4) is 0 Å². The maximum Gasteiger partial charge on any atom is 0.225 e. The van der Waals surface area contributed by atoms with Gasteiger partial charge in [-0.3, -0.25) is 9.78 Å². The minimum absolute atomic E-state index is 0.0775. The molecule has 2 heterocycles. The molecule has 0 bridgehead atoms. The summed E-state index contributed by atoms with van der Waals surface area (Å²) in [6.07, 6.45) is 6.27. The minimum atomic E-state index is 0.0775. The Balaban J connectivity index is 1.89. The van der Waals surface area contributed by atoms with E-state index in [0.717, 1.165) is 24.2 Å². The molecule has 1 unspecified atom stereocenters. The van der Waals surface area contributed by atoms with Crippen LogP contribution in [0.15, 0.2) is 18.5 Å². The van der Waals surface area contributed by atoms with Crippen LogP contribution >= 0.6 is 0 Å². The van der Waals surface area contributed by atoms with Crippen LogP contribution in [0.5, 0.6) is 0 Å². The number of amides is 1. The van der Waals surface area contributed by atoms with Crippen molar-refractivity contribution in [3.05, 3.63) is 24.0 Å². The molecule has 0 aromatic carbocycles. The van der Waals surface area contributed by atoms with Crippen molar-refractivity contribution < 1.29 is 4.79 Å². The summed E-state index contributed by atoms with van der Waals surface area (Å²) in [5.41, 5.74) is 1.85. The molecule has 16 heavy (non-hydrogen) atoms. The monoisotopic (exact) mass is 219 g/mol. The van der Waals surface area contributed by atoms with Gasteiger partial charge < -0.3 is 10.6 Å². The summed E-state index contributed by atoms with van der Waals surface area (Å²) in [6, 6.07) is 2.18. The first-order valence-corrected chi connectivity index (χ1v) is 5.69. The van der Waals surface area contributed by atoms with Gasteiger partial charge in [-0.2, -0.15) is 0 Å². The number of pyridine rings is 1. The van der Waals surface area contributed by atoms with E-state index in [9.17, 15) is 4.79 Å². The molecule has 0 radical (unpaired) electrons. The highest BCUT2D eigenvalue weighted by Crippen LogP contribution is 2.14. The van der Waals surface area contributed by atoms with Gasteiger partial charge in [-0.1, -0.05) is 0 Å². The van der Waals surface area contributed by atoms with E-state index in [-0.39, 0.29) is 5.91 Å². The van der Waals surface area contributed by atoms with E-state index in [1.807, 2.05) is 13.0 Å². The summed E-state index contributed by atoms with van der Waals surface area (Å²) in [4.78, 5) is 15.7. The zero-order valence-electron chi connectivity index (χ0n) is 9.49. The molecule has 2 rings (SSSR count).